The molecule has 1 N–H and O–H groups in total. The number of carbonyl (C=O) groups excluding carboxylic acids is 2. The van der Waals surface area contributed by atoms with Gasteiger partial charge in [-0.05, 0) is 12.8 Å². The van der Waals surface area contributed by atoms with Gasteiger partial charge in [-0.15, -0.1) is 0 Å². The number of ether oxygens (including phenoxy) is 1. The van der Waals surface area contributed by atoms with Crippen molar-refractivity contribution in [2.45, 2.75) is 25.3 Å². The minimum absolute atomic E-state index is 0.00816. The Balaban J connectivity index is 1.85. The van der Waals surface area contributed by atoms with Gasteiger partial charge in [-0.25, -0.2) is 9.69 Å². The van der Waals surface area contributed by atoms with Crippen LogP contribution in [0.1, 0.15) is 19.3 Å². The highest BCUT2D eigenvalue weighted by molar-refractivity contribution is 5.94. The van der Waals surface area contributed by atoms with Crippen molar-refractivity contribution in [1.29, 1.82) is 0 Å². The van der Waals surface area contributed by atoms with E-state index < -0.39 is 12.1 Å². The number of aliphatic carboxylic acids is 1. The molecule has 7 nitrogen and oxygen atoms in total. The van der Waals surface area contributed by atoms with Gasteiger partial charge in [0.15, 0.2) is 0 Å². The van der Waals surface area contributed by atoms with Crippen molar-refractivity contribution < 1.29 is 24.2 Å². The van der Waals surface area contributed by atoms with Gasteiger partial charge >= 0.3 is 12.1 Å². The molecular weight excluding hydrogens is 240 g/mol. The van der Waals surface area contributed by atoms with Crippen LogP contribution in [0.5, 0.6) is 0 Å². The molecule has 1 aliphatic carbocycles. The molecule has 0 aromatic rings. The van der Waals surface area contributed by atoms with Crippen LogP contribution in [0.4, 0.5) is 4.79 Å². The standard InChI is InChI=1S/C11H16N2O5/c14-9(13-5-6-18-11(13)17)7-12(8-1-2-8)4-3-10(15)16/h8H,1-7H2,(H,15,16). The van der Waals surface area contributed by atoms with E-state index in [4.69, 9.17) is 9.84 Å². The summed E-state index contributed by atoms with van der Waals surface area (Å²) in [6, 6.07) is 0.284. The molecule has 1 saturated carbocycles. The van der Waals surface area contributed by atoms with E-state index in [9.17, 15) is 14.4 Å². The van der Waals surface area contributed by atoms with E-state index in [1.54, 1.807) is 0 Å². The normalized spacial score (nSPS) is 19.2. The first-order valence-electron chi connectivity index (χ1n) is 6.01. The van der Waals surface area contributed by atoms with Crippen molar-refractivity contribution in [1.82, 2.24) is 9.80 Å². The van der Waals surface area contributed by atoms with Crippen molar-refractivity contribution in [3.8, 4) is 0 Å². The summed E-state index contributed by atoms with van der Waals surface area (Å²) in [6.45, 7) is 0.958. The van der Waals surface area contributed by atoms with Gasteiger partial charge in [0.05, 0.1) is 19.5 Å². The first-order valence-corrected chi connectivity index (χ1v) is 6.01. The zero-order valence-corrected chi connectivity index (χ0v) is 10.0. The monoisotopic (exact) mass is 256 g/mol. The number of carboxylic acids is 1. The maximum absolute atomic E-state index is 11.9. The maximum atomic E-state index is 11.9. The molecule has 2 fully saturated rings. The first-order chi connectivity index (χ1) is 8.58. The Kier molecular flexibility index (Phi) is 3.81. The van der Waals surface area contributed by atoms with Crippen molar-refractivity contribution >= 4 is 18.0 Å². The Morgan fingerprint density at radius 3 is 2.67 bits per heavy atom. The third kappa shape index (κ3) is 3.19. The predicted molar refractivity (Wildman–Crippen MR) is 59.9 cm³/mol. The molecule has 0 bridgehead atoms. The Bertz CT molecular complexity index is 366. The first kappa shape index (κ1) is 12.8. The molecular formula is C11H16N2O5. The smallest absolute Gasteiger partial charge is 0.416 e. The minimum Gasteiger partial charge on any atom is -0.481 e. The number of carboxylic acid groups (broad SMARTS) is 1. The summed E-state index contributed by atoms with van der Waals surface area (Å²) < 4.78 is 4.70. The SMILES string of the molecule is O=C(O)CCN(CC(=O)N1CCOC1=O)C1CC1. The van der Waals surface area contributed by atoms with Crippen LogP contribution >= 0.6 is 0 Å². The average Bonchev–Trinajstić information content (AvgIpc) is 3.06. The van der Waals surface area contributed by atoms with E-state index >= 15 is 0 Å². The number of imide groups is 1. The summed E-state index contributed by atoms with van der Waals surface area (Å²) in [5, 5.41) is 8.66. The van der Waals surface area contributed by atoms with Crippen molar-refractivity contribution in [2.24, 2.45) is 0 Å². The molecule has 0 unspecified atom stereocenters. The molecule has 0 spiro atoms. The fourth-order valence-corrected chi connectivity index (χ4v) is 1.95. The maximum Gasteiger partial charge on any atom is 0.416 e. The lowest BCUT2D eigenvalue weighted by Gasteiger charge is -2.22. The molecule has 2 rings (SSSR count). The number of carbonyl (C=O) groups is 3. The number of nitrogens with zero attached hydrogens (tertiary/aromatic N) is 2. The number of cyclic esters (lactones) is 1. The zero-order chi connectivity index (χ0) is 13.1. The van der Waals surface area contributed by atoms with Crippen molar-refractivity contribution in [3.05, 3.63) is 0 Å². The summed E-state index contributed by atoms with van der Waals surface area (Å²) in [6.07, 6.45) is 1.37. The molecule has 100 valence electrons. The van der Waals surface area contributed by atoms with Gasteiger partial charge in [0.1, 0.15) is 6.61 Å². The van der Waals surface area contributed by atoms with Gasteiger partial charge in [-0.2, -0.15) is 0 Å². The minimum atomic E-state index is -0.881. The Morgan fingerprint density at radius 2 is 2.17 bits per heavy atom. The topological polar surface area (TPSA) is 87.2 Å². The lowest BCUT2D eigenvalue weighted by Crippen LogP contribution is -2.42. The van der Waals surface area contributed by atoms with Crippen LogP contribution in [-0.2, 0) is 14.3 Å². The molecule has 1 saturated heterocycles. The summed E-state index contributed by atoms with van der Waals surface area (Å²) in [5.74, 6) is -1.19. The average molecular weight is 256 g/mol. The Labute approximate surface area is 104 Å². The fourth-order valence-electron chi connectivity index (χ4n) is 1.95. The lowest BCUT2D eigenvalue weighted by atomic mass is 10.3. The third-order valence-corrected chi connectivity index (χ3v) is 3.08. The molecule has 2 aliphatic rings. The van der Waals surface area contributed by atoms with Crippen LogP contribution in [0.15, 0.2) is 0 Å². The highest BCUT2D eigenvalue weighted by atomic mass is 16.6. The largest absolute Gasteiger partial charge is 0.481 e. The summed E-state index contributed by atoms with van der Waals surface area (Å²) in [4.78, 5) is 36.6. The molecule has 2 amide bonds. The molecule has 0 radical (unpaired) electrons. The van der Waals surface area contributed by atoms with E-state index in [1.165, 1.54) is 0 Å². The number of rotatable bonds is 6. The van der Waals surface area contributed by atoms with Crippen LogP contribution in [-0.4, -0.2) is 65.2 Å². The zero-order valence-electron chi connectivity index (χ0n) is 10.0. The predicted octanol–water partition coefficient (Wildman–Crippen LogP) is -0.0957. The van der Waals surface area contributed by atoms with E-state index in [-0.39, 0.29) is 38.1 Å². The highest BCUT2D eigenvalue weighted by Gasteiger charge is 2.34. The van der Waals surface area contributed by atoms with E-state index in [2.05, 4.69) is 0 Å². The van der Waals surface area contributed by atoms with Crippen molar-refractivity contribution in [2.75, 3.05) is 26.2 Å². The van der Waals surface area contributed by atoms with Crippen molar-refractivity contribution in [3.63, 3.8) is 0 Å². The molecule has 1 aliphatic heterocycles. The van der Waals surface area contributed by atoms with Crippen LogP contribution in [0.2, 0.25) is 0 Å². The second-order valence-corrected chi connectivity index (χ2v) is 4.51. The number of hydrogen-bond donors (Lipinski definition) is 1. The second-order valence-electron chi connectivity index (χ2n) is 4.51. The quantitative estimate of drug-likeness (QED) is 0.714. The van der Waals surface area contributed by atoms with Gasteiger partial charge < -0.3 is 9.84 Å². The highest BCUT2D eigenvalue weighted by Crippen LogP contribution is 2.26. The molecule has 1 heterocycles. The van der Waals surface area contributed by atoms with E-state index in [0.29, 0.717) is 6.54 Å². The Morgan fingerprint density at radius 1 is 1.44 bits per heavy atom. The van der Waals surface area contributed by atoms with Gasteiger partial charge in [0.2, 0.25) is 5.91 Å². The van der Waals surface area contributed by atoms with Crippen LogP contribution < -0.4 is 0 Å². The van der Waals surface area contributed by atoms with E-state index in [1.807, 2.05) is 4.90 Å². The summed E-state index contributed by atoms with van der Waals surface area (Å²) in [5.41, 5.74) is 0. The van der Waals surface area contributed by atoms with Crippen LogP contribution in [0, 0.1) is 0 Å². The van der Waals surface area contributed by atoms with Gasteiger partial charge in [-0.3, -0.25) is 14.5 Å². The fraction of sp³-hybridized carbons (Fsp3) is 0.727. The van der Waals surface area contributed by atoms with Gasteiger partial charge in [-0.1, -0.05) is 0 Å². The molecule has 7 heteroatoms. The number of amides is 2. The molecule has 18 heavy (non-hydrogen) atoms. The summed E-state index contributed by atoms with van der Waals surface area (Å²) in [7, 11) is 0. The lowest BCUT2D eigenvalue weighted by molar-refractivity contribution is -0.138. The van der Waals surface area contributed by atoms with Gasteiger partial charge in [0.25, 0.3) is 0 Å². The van der Waals surface area contributed by atoms with Gasteiger partial charge in [0, 0.05) is 12.6 Å². The Hall–Kier alpha value is -1.63. The molecule has 0 atom stereocenters. The third-order valence-electron chi connectivity index (χ3n) is 3.08. The van der Waals surface area contributed by atoms with Crippen LogP contribution in [0.25, 0.3) is 0 Å². The van der Waals surface area contributed by atoms with Crippen LogP contribution in [0.3, 0.4) is 0 Å². The van der Waals surface area contributed by atoms with E-state index in [0.717, 1.165) is 17.7 Å². The molecule has 0 aromatic heterocycles. The number of hydrogen-bond acceptors (Lipinski definition) is 5. The summed E-state index contributed by atoms with van der Waals surface area (Å²) >= 11 is 0. The molecule has 0 aromatic carbocycles. The second kappa shape index (κ2) is 5.34.